The SMILES string of the molecule is CCSNc1ccc(C(=O)Nc2cc(C)nc(N3CCC(C)(F)CC3)n2)c(N2CCC3(CC2)CC3)c1. The first kappa shape index (κ1) is 25.1. The van der Waals surface area contributed by atoms with E-state index >= 15 is 0 Å². The van der Waals surface area contributed by atoms with Crippen LogP contribution in [0.1, 0.15) is 68.4 Å². The molecule has 2 aliphatic heterocycles. The molecular weight excluding hydrogens is 475 g/mol. The number of nitrogens with zero attached hydrogens (tertiary/aromatic N) is 4. The number of anilines is 4. The van der Waals surface area contributed by atoms with Gasteiger partial charge in [-0.3, -0.25) is 4.79 Å². The number of aryl methyl sites for hydroxylation is 1. The van der Waals surface area contributed by atoms with Crippen molar-refractivity contribution in [3.63, 3.8) is 0 Å². The molecule has 0 radical (unpaired) electrons. The highest BCUT2D eigenvalue weighted by Crippen LogP contribution is 2.54. The van der Waals surface area contributed by atoms with Crippen LogP contribution in [0.5, 0.6) is 0 Å². The molecule has 0 atom stereocenters. The molecule has 1 amide bonds. The van der Waals surface area contributed by atoms with E-state index in [0.717, 1.165) is 35.9 Å². The lowest BCUT2D eigenvalue weighted by molar-refractivity contribution is 0.102. The molecule has 1 aromatic carbocycles. The highest BCUT2D eigenvalue weighted by molar-refractivity contribution is 8.00. The van der Waals surface area contributed by atoms with Crippen molar-refractivity contribution in [1.29, 1.82) is 0 Å². The van der Waals surface area contributed by atoms with Crippen LogP contribution in [0.15, 0.2) is 24.3 Å². The predicted molar refractivity (Wildman–Crippen MR) is 147 cm³/mol. The molecule has 3 fully saturated rings. The van der Waals surface area contributed by atoms with Crippen molar-refractivity contribution in [2.24, 2.45) is 5.41 Å². The maximum atomic E-state index is 14.3. The van der Waals surface area contributed by atoms with Gasteiger partial charge in [0.15, 0.2) is 0 Å². The van der Waals surface area contributed by atoms with Crippen molar-refractivity contribution in [3.8, 4) is 0 Å². The molecule has 2 N–H and O–H groups in total. The fraction of sp³-hybridized carbons (Fsp3) is 0.593. The molecule has 1 spiro atoms. The van der Waals surface area contributed by atoms with Crippen LogP contribution in [0.2, 0.25) is 0 Å². The molecule has 2 aromatic rings. The van der Waals surface area contributed by atoms with E-state index < -0.39 is 5.67 Å². The normalized spacial score (nSPS) is 20.3. The number of hydrogen-bond donors (Lipinski definition) is 2. The second-order valence-corrected chi connectivity index (χ2v) is 11.9. The number of rotatable bonds is 7. The standard InChI is InChI=1S/C27H37FN6OS/c1-4-36-32-20-5-6-21(22(18-20)33-15-11-27(7-8-27)12-16-33)24(35)30-23-17-19(2)29-25(31-23)34-13-9-26(3,28)10-14-34/h5-6,17-18,32H,4,7-16H2,1-3H3,(H,29,30,31,35). The fourth-order valence-electron chi connectivity index (χ4n) is 5.22. The maximum absolute atomic E-state index is 14.3. The Kier molecular flexibility index (Phi) is 7.03. The first-order valence-electron chi connectivity index (χ1n) is 13.1. The number of benzene rings is 1. The minimum absolute atomic E-state index is 0.176. The number of aromatic nitrogens is 2. The van der Waals surface area contributed by atoms with Crippen LogP contribution in [0.3, 0.4) is 0 Å². The van der Waals surface area contributed by atoms with Gasteiger partial charge in [0.05, 0.1) is 11.3 Å². The zero-order chi connectivity index (χ0) is 25.3. The van der Waals surface area contributed by atoms with Gasteiger partial charge in [0.2, 0.25) is 5.95 Å². The summed E-state index contributed by atoms with van der Waals surface area (Å²) in [4.78, 5) is 27.1. The average molecular weight is 513 g/mol. The van der Waals surface area contributed by atoms with Gasteiger partial charge < -0.3 is 19.8 Å². The van der Waals surface area contributed by atoms with E-state index in [-0.39, 0.29) is 5.91 Å². The Morgan fingerprint density at radius 2 is 1.72 bits per heavy atom. The Morgan fingerprint density at radius 3 is 2.39 bits per heavy atom. The Hall–Kier alpha value is -2.55. The summed E-state index contributed by atoms with van der Waals surface area (Å²) in [6.45, 7) is 8.73. The van der Waals surface area contributed by atoms with Crippen LogP contribution in [0.25, 0.3) is 0 Å². The van der Waals surface area contributed by atoms with Gasteiger partial charge in [0, 0.05) is 49.4 Å². The number of carbonyl (C=O) groups is 1. The summed E-state index contributed by atoms with van der Waals surface area (Å²) in [6.07, 6.45) is 5.97. The second-order valence-electron chi connectivity index (χ2n) is 10.8. The van der Waals surface area contributed by atoms with Crippen LogP contribution >= 0.6 is 11.9 Å². The summed E-state index contributed by atoms with van der Waals surface area (Å²) in [5.74, 6) is 1.80. The summed E-state index contributed by atoms with van der Waals surface area (Å²) in [5.41, 5.74) is 2.82. The summed E-state index contributed by atoms with van der Waals surface area (Å²) in [7, 11) is 0. The Bertz CT molecular complexity index is 1100. The number of carbonyl (C=O) groups excluding carboxylic acids is 1. The molecule has 1 saturated carbocycles. The van der Waals surface area contributed by atoms with Crippen molar-refractivity contribution in [3.05, 3.63) is 35.5 Å². The van der Waals surface area contributed by atoms with Crippen molar-refractivity contribution in [2.75, 3.05) is 51.8 Å². The van der Waals surface area contributed by atoms with Crippen molar-refractivity contribution >= 4 is 41.0 Å². The van der Waals surface area contributed by atoms with Gasteiger partial charge in [-0.05, 0) is 76.0 Å². The van der Waals surface area contributed by atoms with Gasteiger partial charge in [-0.15, -0.1) is 0 Å². The largest absolute Gasteiger partial charge is 0.371 e. The van der Waals surface area contributed by atoms with Crippen molar-refractivity contribution in [2.45, 2.75) is 65.0 Å². The molecule has 0 bridgehead atoms. The van der Waals surface area contributed by atoms with Crippen LogP contribution in [-0.2, 0) is 0 Å². The number of amides is 1. The minimum Gasteiger partial charge on any atom is -0.371 e. The predicted octanol–water partition coefficient (Wildman–Crippen LogP) is 5.83. The monoisotopic (exact) mass is 512 g/mol. The topological polar surface area (TPSA) is 73.4 Å². The maximum Gasteiger partial charge on any atom is 0.258 e. The number of halogens is 1. The van der Waals surface area contributed by atoms with E-state index in [1.165, 1.54) is 25.7 Å². The fourth-order valence-corrected chi connectivity index (χ4v) is 5.66. The number of piperidine rings is 2. The van der Waals surface area contributed by atoms with Gasteiger partial charge in [-0.25, -0.2) is 9.37 Å². The van der Waals surface area contributed by atoms with Crippen LogP contribution in [0.4, 0.5) is 27.5 Å². The molecule has 194 valence electrons. The van der Waals surface area contributed by atoms with E-state index in [9.17, 15) is 9.18 Å². The third-order valence-electron chi connectivity index (χ3n) is 7.87. The summed E-state index contributed by atoms with van der Waals surface area (Å²) in [5, 5.41) is 3.02. The smallest absolute Gasteiger partial charge is 0.258 e. The van der Waals surface area contributed by atoms with Gasteiger partial charge in [0.25, 0.3) is 5.91 Å². The highest BCUT2D eigenvalue weighted by Gasteiger charge is 2.44. The molecule has 3 aliphatic rings. The third-order valence-corrected chi connectivity index (χ3v) is 8.54. The van der Waals surface area contributed by atoms with E-state index in [0.29, 0.717) is 48.7 Å². The van der Waals surface area contributed by atoms with E-state index in [2.05, 4.69) is 37.9 Å². The molecule has 7 nitrogen and oxygen atoms in total. The quantitative estimate of drug-likeness (QED) is 0.453. The number of nitrogens with one attached hydrogen (secondary N) is 2. The summed E-state index contributed by atoms with van der Waals surface area (Å²) < 4.78 is 17.7. The molecule has 0 unspecified atom stereocenters. The zero-order valence-corrected chi connectivity index (χ0v) is 22.4. The second kappa shape index (κ2) is 10.1. The lowest BCUT2D eigenvalue weighted by Crippen LogP contribution is -2.41. The third kappa shape index (κ3) is 5.71. The van der Waals surface area contributed by atoms with Gasteiger partial charge >= 0.3 is 0 Å². The molecule has 2 saturated heterocycles. The van der Waals surface area contributed by atoms with Gasteiger partial charge in [-0.2, -0.15) is 4.98 Å². The van der Waals surface area contributed by atoms with Crippen LogP contribution in [0, 0.1) is 12.3 Å². The summed E-state index contributed by atoms with van der Waals surface area (Å²) >= 11 is 1.65. The molecule has 1 aromatic heterocycles. The first-order valence-corrected chi connectivity index (χ1v) is 14.1. The van der Waals surface area contributed by atoms with Crippen molar-refractivity contribution < 1.29 is 9.18 Å². The number of alkyl halides is 1. The lowest BCUT2D eigenvalue weighted by Gasteiger charge is -2.35. The molecule has 36 heavy (non-hydrogen) atoms. The Morgan fingerprint density at radius 1 is 1.03 bits per heavy atom. The first-order chi connectivity index (χ1) is 17.3. The van der Waals surface area contributed by atoms with Crippen molar-refractivity contribution in [1.82, 2.24) is 9.97 Å². The van der Waals surface area contributed by atoms with Gasteiger partial charge in [0.1, 0.15) is 11.5 Å². The molecule has 3 heterocycles. The molecular formula is C27H37FN6OS. The van der Waals surface area contributed by atoms with E-state index in [1.54, 1.807) is 24.9 Å². The Balaban J connectivity index is 1.36. The van der Waals surface area contributed by atoms with Gasteiger partial charge in [-0.1, -0.05) is 18.9 Å². The van der Waals surface area contributed by atoms with Crippen LogP contribution in [-0.4, -0.2) is 53.5 Å². The van der Waals surface area contributed by atoms with Crippen LogP contribution < -0.4 is 19.8 Å². The minimum atomic E-state index is -1.14. The van der Waals surface area contributed by atoms with E-state index in [4.69, 9.17) is 0 Å². The van der Waals surface area contributed by atoms with E-state index in [1.807, 2.05) is 24.0 Å². The average Bonchev–Trinajstić information content (AvgIpc) is 3.61. The molecule has 5 rings (SSSR count). The summed E-state index contributed by atoms with van der Waals surface area (Å²) in [6, 6.07) is 7.76. The Labute approximate surface area is 217 Å². The lowest BCUT2D eigenvalue weighted by atomic mass is 9.93. The zero-order valence-electron chi connectivity index (χ0n) is 21.6. The highest BCUT2D eigenvalue weighted by atomic mass is 32.2. The number of hydrogen-bond acceptors (Lipinski definition) is 7. The molecule has 9 heteroatoms. The molecule has 1 aliphatic carbocycles.